The number of hydrogen-bond donors (Lipinski definition) is 2. The van der Waals surface area contributed by atoms with E-state index in [1.54, 1.807) is 18.2 Å². The van der Waals surface area contributed by atoms with Crippen LogP contribution in [-0.2, 0) is 4.79 Å². The first kappa shape index (κ1) is 11.9. The second kappa shape index (κ2) is 4.77. The first-order valence-corrected chi connectivity index (χ1v) is 5.94. The van der Waals surface area contributed by atoms with Crippen molar-refractivity contribution in [2.24, 2.45) is 0 Å². The number of benzene rings is 1. The average Bonchev–Trinajstić information content (AvgIpc) is 2.58. The van der Waals surface area contributed by atoms with E-state index in [2.05, 4.69) is 5.32 Å². The van der Waals surface area contributed by atoms with Gasteiger partial charge in [-0.3, -0.25) is 4.79 Å². The summed E-state index contributed by atoms with van der Waals surface area (Å²) in [6, 6.07) is 4.92. The normalized spacial score (nSPS) is 17.4. The molecule has 1 saturated heterocycles. The van der Waals surface area contributed by atoms with Crippen LogP contribution in [0.3, 0.4) is 0 Å². The molecule has 1 amide bonds. The molecular weight excluding hydrogens is 258 g/mol. The zero-order valence-corrected chi connectivity index (χ0v) is 10.5. The molecule has 0 atom stereocenters. The van der Waals surface area contributed by atoms with E-state index in [4.69, 9.17) is 17.0 Å². The Morgan fingerprint density at radius 3 is 2.82 bits per heavy atom. The predicted octanol–water partition coefficient (Wildman–Crippen LogP) is 1.89. The third kappa shape index (κ3) is 2.59. The van der Waals surface area contributed by atoms with Crippen molar-refractivity contribution in [1.82, 2.24) is 5.32 Å². The van der Waals surface area contributed by atoms with Gasteiger partial charge in [-0.25, -0.2) is 0 Å². The first-order chi connectivity index (χ1) is 8.10. The zero-order valence-electron chi connectivity index (χ0n) is 8.89. The Balaban J connectivity index is 2.30. The van der Waals surface area contributed by atoms with Gasteiger partial charge < -0.3 is 15.2 Å². The summed E-state index contributed by atoms with van der Waals surface area (Å²) in [5, 5.41) is 12.1. The van der Waals surface area contributed by atoms with Gasteiger partial charge in [-0.15, -0.1) is 0 Å². The Hall–Kier alpha value is -1.53. The lowest BCUT2D eigenvalue weighted by atomic mass is 10.2. The van der Waals surface area contributed by atoms with Crippen LogP contribution < -0.4 is 10.1 Å². The fourth-order valence-electron chi connectivity index (χ4n) is 1.37. The Kier molecular flexibility index (Phi) is 3.35. The number of amides is 1. The number of thioether (sulfide) groups is 1. The number of thiocarbonyl (C=S) groups is 1. The number of phenols is 1. The fourth-order valence-corrected chi connectivity index (χ4v) is 2.41. The van der Waals surface area contributed by atoms with E-state index in [1.165, 1.54) is 24.9 Å². The lowest BCUT2D eigenvalue weighted by Gasteiger charge is -2.03. The monoisotopic (exact) mass is 267 g/mol. The van der Waals surface area contributed by atoms with Crippen LogP contribution in [0, 0.1) is 0 Å². The van der Waals surface area contributed by atoms with Crippen molar-refractivity contribution < 1.29 is 14.6 Å². The zero-order chi connectivity index (χ0) is 12.4. The van der Waals surface area contributed by atoms with Crippen LogP contribution in [0.5, 0.6) is 11.5 Å². The number of carbonyl (C=O) groups excluding carboxylic acids is 1. The molecule has 6 heteroatoms. The largest absolute Gasteiger partial charge is 0.504 e. The summed E-state index contributed by atoms with van der Waals surface area (Å²) in [6.07, 6.45) is 1.67. The molecule has 0 aromatic heterocycles. The van der Waals surface area contributed by atoms with Gasteiger partial charge in [0.05, 0.1) is 12.0 Å². The standard InChI is InChI=1S/C11H9NO3S2/c1-15-8-3-2-6(4-7(8)13)5-9-10(14)12-11(16)17-9/h2-5,13H,1H3,(H,12,14,16). The van der Waals surface area contributed by atoms with Gasteiger partial charge >= 0.3 is 0 Å². The minimum absolute atomic E-state index is 0.0350. The minimum Gasteiger partial charge on any atom is -0.504 e. The van der Waals surface area contributed by atoms with Gasteiger partial charge in [0.2, 0.25) is 0 Å². The molecule has 1 aliphatic rings. The Labute approximate surface area is 108 Å². The van der Waals surface area contributed by atoms with Crippen molar-refractivity contribution in [2.45, 2.75) is 0 Å². The van der Waals surface area contributed by atoms with Crippen LogP contribution in [0.25, 0.3) is 6.08 Å². The van der Waals surface area contributed by atoms with Gasteiger partial charge in [-0.2, -0.15) is 0 Å². The quantitative estimate of drug-likeness (QED) is 0.633. The highest BCUT2D eigenvalue weighted by molar-refractivity contribution is 8.26. The molecule has 0 unspecified atom stereocenters. The van der Waals surface area contributed by atoms with Gasteiger partial charge in [0.1, 0.15) is 4.32 Å². The lowest BCUT2D eigenvalue weighted by molar-refractivity contribution is -0.115. The molecule has 17 heavy (non-hydrogen) atoms. The highest BCUT2D eigenvalue weighted by Crippen LogP contribution is 2.30. The van der Waals surface area contributed by atoms with Crippen LogP contribution >= 0.6 is 24.0 Å². The van der Waals surface area contributed by atoms with Gasteiger partial charge in [0.25, 0.3) is 5.91 Å². The number of aromatic hydroxyl groups is 1. The Morgan fingerprint density at radius 1 is 1.53 bits per heavy atom. The third-order valence-electron chi connectivity index (χ3n) is 2.14. The molecule has 0 saturated carbocycles. The number of rotatable bonds is 2. The molecule has 0 radical (unpaired) electrons. The summed E-state index contributed by atoms with van der Waals surface area (Å²) in [5.74, 6) is 0.217. The molecule has 1 heterocycles. The summed E-state index contributed by atoms with van der Waals surface area (Å²) in [5.41, 5.74) is 0.714. The summed E-state index contributed by atoms with van der Waals surface area (Å²) >= 11 is 6.08. The second-order valence-electron chi connectivity index (χ2n) is 3.28. The summed E-state index contributed by atoms with van der Waals surface area (Å²) in [7, 11) is 1.48. The van der Waals surface area contributed by atoms with Crippen LogP contribution in [0.2, 0.25) is 0 Å². The highest BCUT2D eigenvalue weighted by atomic mass is 32.2. The molecule has 4 nitrogen and oxygen atoms in total. The summed E-state index contributed by atoms with van der Waals surface area (Å²) in [6.45, 7) is 0. The molecule has 1 aromatic rings. The molecule has 0 bridgehead atoms. The average molecular weight is 267 g/mol. The molecule has 1 fully saturated rings. The fraction of sp³-hybridized carbons (Fsp3) is 0.0909. The summed E-state index contributed by atoms with van der Waals surface area (Å²) in [4.78, 5) is 11.9. The van der Waals surface area contributed by atoms with Crippen LogP contribution in [0.4, 0.5) is 0 Å². The maximum Gasteiger partial charge on any atom is 0.263 e. The van der Waals surface area contributed by atoms with Crippen LogP contribution in [-0.4, -0.2) is 22.4 Å². The molecule has 0 aliphatic carbocycles. The van der Waals surface area contributed by atoms with Crippen molar-refractivity contribution in [1.29, 1.82) is 0 Å². The smallest absolute Gasteiger partial charge is 0.263 e. The maximum absolute atomic E-state index is 11.4. The molecule has 2 rings (SSSR count). The number of nitrogens with one attached hydrogen (secondary N) is 1. The van der Waals surface area contributed by atoms with E-state index in [1.807, 2.05) is 0 Å². The number of ether oxygens (including phenoxy) is 1. The SMILES string of the molecule is COc1ccc(C=C2SC(=S)NC2=O)cc1O. The third-order valence-corrected chi connectivity index (χ3v) is 3.31. The first-order valence-electron chi connectivity index (χ1n) is 4.72. The van der Waals surface area contributed by atoms with Crippen molar-refractivity contribution in [3.05, 3.63) is 28.7 Å². The number of carbonyl (C=O) groups is 1. The van der Waals surface area contributed by atoms with E-state index in [-0.39, 0.29) is 11.7 Å². The van der Waals surface area contributed by atoms with Crippen LogP contribution in [0.15, 0.2) is 23.1 Å². The minimum atomic E-state index is -0.213. The number of phenolic OH excluding ortho intramolecular Hbond substituents is 1. The van der Waals surface area contributed by atoms with E-state index in [0.29, 0.717) is 20.5 Å². The van der Waals surface area contributed by atoms with E-state index in [9.17, 15) is 9.90 Å². The molecule has 0 spiro atoms. The molecule has 88 valence electrons. The van der Waals surface area contributed by atoms with E-state index >= 15 is 0 Å². The maximum atomic E-state index is 11.4. The molecule has 1 aliphatic heterocycles. The molecule has 1 aromatic carbocycles. The van der Waals surface area contributed by atoms with Gasteiger partial charge in [0, 0.05) is 0 Å². The Morgan fingerprint density at radius 2 is 2.29 bits per heavy atom. The predicted molar refractivity (Wildman–Crippen MR) is 71.0 cm³/mol. The van der Waals surface area contributed by atoms with Crippen molar-refractivity contribution in [2.75, 3.05) is 7.11 Å². The topological polar surface area (TPSA) is 58.6 Å². The highest BCUT2D eigenvalue weighted by Gasteiger charge is 2.21. The lowest BCUT2D eigenvalue weighted by Crippen LogP contribution is -2.17. The number of hydrogen-bond acceptors (Lipinski definition) is 5. The molecule has 2 N–H and O–H groups in total. The van der Waals surface area contributed by atoms with E-state index in [0.717, 1.165) is 0 Å². The van der Waals surface area contributed by atoms with Crippen molar-refractivity contribution in [3.8, 4) is 11.5 Å². The van der Waals surface area contributed by atoms with Gasteiger partial charge in [-0.1, -0.05) is 30.0 Å². The summed E-state index contributed by atoms with van der Waals surface area (Å²) < 4.78 is 5.38. The van der Waals surface area contributed by atoms with Gasteiger partial charge in [0.15, 0.2) is 11.5 Å². The van der Waals surface area contributed by atoms with Crippen molar-refractivity contribution >= 4 is 40.3 Å². The second-order valence-corrected chi connectivity index (χ2v) is 5.00. The van der Waals surface area contributed by atoms with E-state index < -0.39 is 0 Å². The van der Waals surface area contributed by atoms with Crippen LogP contribution in [0.1, 0.15) is 5.56 Å². The van der Waals surface area contributed by atoms with Gasteiger partial charge in [-0.05, 0) is 23.8 Å². The van der Waals surface area contributed by atoms with Crippen molar-refractivity contribution in [3.63, 3.8) is 0 Å². The number of methoxy groups -OCH3 is 1. The Bertz CT molecular complexity index is 525. The molecular formula is C11H9NO3S2.